The highest BCUT2D eigenvalue weighted by molar-refractivity contribution is 7.09. The molecule has 4 nitrogen and oxygen atoms in total. The fourth-order valence-corrected chi connectivity index (χ4v) is 1.67. The molecular formula is C8H9N3OS. The number of hydrogen-bond donors (Lipinski definition) is 1. The zero-order valence-corrected chi connectivity index (χ0v) is 7.97. The van der Waals surface area contributed by atoms with Crippen molar-refractivity contribution < 1.29 is 4.52 Å². The van der Waals surface area contributed by atoms with E-state index in [-0.39, 0.29) is 0 Å². The molecule has 0 saturated carbocycles. The molecule has 0 unspecified atom stereocenters. The topological polar surface area (TPSA) is 51.0 Å². The molecule has 0 fully saturated rings. The number of nitrogens with zero attached hydrogens (tertiary/aromatic N) is 2. The second-order valence-electron chi connectivity index (χ2n) is 2.62. The minimum atomic E-state index is 0.699. The SMILES string of the molecule is Cc1csc(CNc2ccon2)n1. The molecule has 0 aromatic carbocycles. The molecule has 2 rings (SSSR count). The van der Waals surface area contributed by atoms with Gasteiger partial charge >= 0.3 is 0 Å². The first-order chi connectivity index (χ1) is 6.34. The van der Waals surface area contributed by atoms with Crippen LogP contribution in [0.15, 0.2) is 22.2 Å². The molecule has 5 heteroatoms. The van der Waals surface area contributed by atoms with E-state index in [2.05, 4.69) is 20.0 Å². The van der Waals surface area contributed by atoms with E-state index in [0.717, 1.165) is 16.5 Å². The number of hydrogen-bond acceptors (Lipinski definition) is 5. The number of anilines is 1. The van der Waals surface area contributed by atoms with E-state index in [1.54, 1.807) is 17.4 Å². The van der Waals surface area contributed by atoms with Gasteiger partial charge in [0, 0.05) is 17.1 Å². The quantitative estimate of drug-likeness (QED) is 0.814. The van der Waals surface area contributed by atoms with Crippen molar-refractivity contribution in [2.75, 3.05) is 5.32 Å². The van der Waals surface area contributed by atoms with Crippen molar-refractivity contribution in [3.63, 3.8) is 0 Å². The van der Waals surface area contributed by atoms with E-state index in [1.807, 2.05) is 12.3 Å². The van der Waals surface area contributed by atoms with Gasteiger partial charge in [0.2, 0.25) is 0 Å². The molecule has 0 bridgehead atoms. The van der Waals surface area contributed by atoms with Gasteiger partial charge in [-0.25, -0.2) is 4.98 Å². The maximum atomic E-state index is 4.68. The van der Waals surface area contributed by atoms with Crippen LogP contribution in [0.3, 0.4) is 0 Å². The van der Waals surface area contributed by atoms with Crippen LogP contribution in [0.4, 0.5) is 5.82 Å². The summed E-state index contributed by atoms with van der Waals surface area (Å²) in [5.41, 5.74) is 1.06. The third kappa shape index (κ3) is 2.06. The van der Waals surface area contributed by atoms with Gasteiger partial charge in [0.25, 0.3) is 0 Å². The first-order valence-electron chi connectivity index (χ1n) is 3.90. The molecule has 2 aromatic heterocycles. The van der Waals surface area contributed by atoms with E-state index in [0.29, 0.717) is 6.54 Å². The average Bonchev–Trinajstić information content (AvgIpc) is 2.71. The Morgan fingerprint density at radius 1 is 1.62 bits per heavy atom. The molecule has 13 heavy (non-hydrogen) atoms. The lowest BCUT2D eigenvalue weighted by Gasteiger charge is -1.96. The summed E-state index contributed by atoms with van der Waals surface area (Å²) in [6.45, 7) is 2.68. The molecular weight excluding hydrogens is 186 g/mol. The van der Waals surface area contributed by atoms with E-state index in [1.165, 1.54) is 6.26 Å². The van der Waals surface area contributed by atoms with Gasteiger partial charge in [0.15, 0.2) is 5.82 Å². The molecule has 2 aromatic rings. The fraction of sp³-hybridized carbons (Fsp3) is 0.250. The third-order valence-electron chi connectivity index (χ3n) is 1.53. The van der Waals surface area contributed by atoms with E-state index in [4.69, 9.17) is 0 Å². The van der Waals surface area contributed by atoms with Crippen LogP contribution in [-0.4, -0.2) is 10.1 Å². The molecule has 0 spiro atoms. The Labute approximate surface area is 79.6 Å². The Balaban J connectivity index is 1.93. The molecule has 0 aliphatic heterocycles. The summed E-state index contributed by atoms with van der Waals surface area (Å²) in [5, 5.41) is 9.91. The largest absolute Gasteiger partial charge is 0.363 e. The summed E-state index contributed by atoms with van der Waals surface area (Å²) in [7, 11) is 0. The maximum Gasteiger partial charge on any atom is 0.169 e. The molecule has 68 valence electrons. The van der Waals surface area contributed by atoms with Crippen LogP contribution in [0, 0.1) is 6.92 Å². The maximum absolute atomic E-state index is 4.68. The van der Waals surface area contributed by atoms with E-state index in [9.17, 15) is 0 Å². The van der Waals surface area contributed by atoms with Crippen LogP contribution in [-0.2, 0) is 6.54 Å². The lowest BCUT2D eigenvalue weighted by Crippen LogP contribution is -1.98. The van der Waals surface area contributed by atoms with Gasteiger partial charge in [0.1, 0.15) is 11.3 Å². The smallest absolute Gasteiger partial charge is 0.169 e. The number of thiazole rings is 1. The monoisotopic (exact) mass is 195 g/mol. The van der Waals surface area contributed by atoms with Crippen LogP contribution >= 0.6 is 11.3 Å². The van der Waals surface area contributed by atoms with Gasteiger partial charge < -0.3 is 9.84 Å². The zero-order chi connectivity index (χ0) is 9.10. The van der Waals surface area contributed by atoms with Crippen molar-refractivity contribution in [1.82, 2.24) is 10.1 Å². The predicted octanol–water partition coefficient (Wildman–Crippen LogP) is 2.05. The van der Waals surface area contributed by atoms with Crippen molar-refractivity contribution in [2.45, 2.75) is 13.5 Å². The molecule has 0 atom stereocenters. The number of rotatable bonds is 3. The highest BCUT2D eigenvalue weighted by Gasteiger charge is 1.99. The van der Waals surface area contributed by atoms with Crippen LogP contribution in [0.5, 0.6) is 0 Å². The molecule has 0 aliphatic carbocycles. The molecule has 0 radical (unpaired) electrons. The van der Waals surface area contributed by atoms with Gasteiger partial charge in [-0.05, 0) is 6.92 Å². The minimum Gasteiger partial charge on any atom is -0.363 e. The van der Waals surface area contributed by atoms with Crippen molar-refractivity contribution in [3.05, 3.63) is 28.4 Å². The van der Waals surface area contributed by atoms with E-state index >= 15 is 0 Å². The van der Waals surface area contributed by atoms with E-state index < -0.39 is 0 Å². The van der Waals surface area contributed by atoms with Gasteiger partial charge in [0.05, 0.1) is 6.54 Å². The Kier molecular flexibility index (Phi) is 2.27. The van der Waals surface area contributed by atoms with Crippen molar-refractivity contribution >= 4 is 17.2 Å². The number of aryl methyl sites for hydroxylation is 1. The summed E-state index contributed by atoms with van der Waals surface area (Å²) in [4.78, 5) is 4.31. The number of nitrogens with one attached hydrogen (secondary N) is 1. The van der Waals surface area contributed by atoms with Gasteiger partial charge in [-0.1, -0.05) is 5.16 Å². The Hall–Kier alpha value is -1.36. The van der Waals surface area contributed by atoms with Crippen molar-refractivity contribution in [1.29, 1.82) is 0 Å². The lowest BCUT2D eigenvalue weighted by molar-refractivity contribution is 0.422. The van der Waals surface area contributed by atoms with Crippen LogP contribution in [0.1, 0.15) is 10.7 Å². The second-order valence-corrected chi connectivity index (χ2v) is 3.56. The summed E-state index contributed by atoms with van der Waals surface area (Å²) >= 11 is 1.64. The van der Waals surface area contributed by atoms with Crippen molar-refractivity contribution in [3.8, 4) is 0 Å². The standard InChI is InChI=1S/C8H9N3OS/c1-6-5-13-8(10-6)4-9-7-2-3-12-11-7/h2-3,5H,4H2,1H3,(H,9,11). The summed E-state index contributed by atoms with van der Waals surface area (Å²) < 4.78 is 4.68. The summed E-state index contributed by atoms with van der Waals surface area (Å²) in [5.74, 6) is 0.743. The summed E-state index contributed by atoms with van der Waals surface area (Å²) in [6, 6.07) is 1.78. The molecule has 1 N–H and O–H groups in total. The van der Waals surface area contributed by atoms with Crippen molar-refractivity contribution in [2.24, 2.45) is 0 Å². The van der Waals surface area contributed by atoms with Gasteiger partial charge in [-0.2, -0.15) is 0 Å². The third-order valence-corrected chi connectivity index (χ3v) is 2.49. The minimum absolute atomic E-state index is 0.699. The average molecular weight is 195 g/mol. The molecule has 0 saturated heterocycles. The van der Waals surface area contributed by atoms with Crippen LogP contribution < -0.4 is 5.32 Å². The Bertz CT molecular complexity index is 368. The highest BCUT2D eigenvalue weighted by atomic mass is 32.1. The second kappa shape index (κ2) is 3.57. The zero-order valence-electron chi connectivity index (χ0n) is 7.15. The normalized spacial score (nSPS) is 10.2. The first kappa shape index (κ1) is 8.25. The lowest BCUT2D eigenvalue weighted by atomic mass is 10.5. The Morgan fingerprint density at radius 2 is 2.54 bits per heavy atom. The van der Waals surface area contributed by atoms with Gasteiger partial charge in [-0.3, -0.25) is 0 Å². The fourth-order valence-electron chi connectivity index (χ4n) is 0.954. The Morgan fingerprint density at radius 3 is 3.15 bits per heavy atom. The van der Waals surface area contributed by atoms with Crippen LogP contribution in [0.2, 0.25) is 0 Å². The molecule has 0 aliphatic rings. The highest BCUT2D eigenvalue weighted by Crippen LogP contribution is 2.10. The number of aromatic nitrogens is 2. The predicted molar refractivity (Wildman–Crippen MR) is 50.7 cm³/mol. The van der Waals surface area contributed by atoms with Gasteiger partial charge in [-0.15, -0.1) is 11.3 Å². The summed E-state index contributed by atoms with van der Waals surface area (Å²) in [6.07, 6.45) is 1.54. The van der Waals surface area contributed by atoms with Crippen LogP contribution in [0.25, 0.3) is 0 Å². The first-order valence-corrected chi connectivity index (χ1v) is 4.78. The molecule has 0 amide bonds. The molecule has 2 heterocycles.